The Hall–Kier alpha value is -4.26. The van der Waals surface area contributed by atoms with E-state index in [1.807, 2.05) is 6.92 Å². The highest BCUT2D eigenvalue weighted by Gasteiger charge is 2.20. The Bertz CT molecular complexity index is 1310. The molecule has 0 aliphatic carbocycles. The number of hydrogen-bond acceptors (Lipinski definition) is 6. The number of ketones is 1. The molecule has 0 radical (unpaired) electrons. The number of carbonyl (C=O) groups excluding carboxylic acids is 2. The van der Waals surface area contributed by atoms with E-state index in [-0.39, 0.29) is 17.5 Å². The molecule has 3 aromatic carbocycles. The lowest BCUT2D eigenvalue weighted by atomic mass is 10.0. The van der Waals surface area contributed by atoms with Crippen molar-refractivity contribution < 1.29 is 28.2 Å². The van der Waals surface area contributed by atoms with Crippen LogP contribution in [-0.2, 0) is 0 Å². The first kappa shape index (κ1) is 22.0. The normalized spacial score (nSPS) is 10.7. The van der Waals surface area contributed by atoms with Crippen LogP contribution in [0.15, 0.2) is 65.1 Å². The smallest absolute Gasteiger partial charge is 0.255 e. The second-order valence-electron chi connectivity index (χ2n) is 7.38. The van der Waals surface area contributed by atoms with Crippen molar-refractivity contribution in [3.63, 3.8) is 0 Å². The summed E-state index contributed by atoms with van der Waals surface area (Å²) in [5, 5.41) is 3.62. The Labute approximate surface area is 190 Å². The number of benzene rings is 3. The third-order valence-electron chi connectivity index (χ3n) is 5.37. The first-order chi connectivity index (χ1) is 15.9. The predicted molar refractivity (Wildman–Crippen MR) is 125 cm³/mol. The maximum absolute atomic E-state index is 13.0. The van der Waals surface area contributed by atoms with Crippen molar-refractivity contribution >= 4 is 28.3 Å². The van der Waals surface area contributed by atoms with Crippen molar-refractivity contribution in [2.45, 2.75) is 6.92 Å². The van der Waals surface area contributed by atoms with Gasteiger partial charge in [-0.3, -0.25) is 9.59 Å². The van der Waals surface area contributed by atoms with Gasteiger partial charge in [0.2, 0.25) is 5.78 Å². The topological polar surface area (TPSA) is 87.0 Å². The molecule has 0 aliphatic heterocycles. The second-order valence-corrected chi connectivity index (χ2v) is 7.38. The molecule has 0 fully saturated rings. The van der Waals surface area contributed by atoms with E-state index in [1.54, 1.807) is 67.8 Å². The number of amides is 1. The van der Waals surface area contributed by atoms with Gasteiger partial charge in [-0.2, -0.15) is 0 Å². The van der Waals surface area contributed by atoms with Crippen molar-refractivity contribution in [2.75, 3.05) is 26.6 Å². The average Bonchev–Trinajstić information content (AvgIpc) is 3.18. The molecule has 33 heavy (non-hydrogen) atoms. The standard InChI is InChI=1S/C26H23NO6/c1-15-22-13-18(27-26(29)17-11-20(31-3)14-21(12-17)32-4)7-10-23(22)33-25(15)24(28)16-5-8-19(30-2)9-6-16/h5-14H,1-4H3,(H,27,29). The summed E-state index contributed by atoms with van der Waals surface area (Å²) in [7, 11) is 4.62. The van der Waals surface area contributed by atoms with Crippen molar-refractivity contribution in [1.82, 2.24) is 0 Å². The van der Waals surface area contributed by atoms with Crippen molar-refractivity contribution in [3.8, 4) is 17.2 Å². The van der Waals surface area contributed by atoms with Gasteiger partial charge in [-0.15, -0.1) is 0 Å². The van der Waals surface area contributed by atoms with E-state index >= 15 is 0 Å². The Morgan fingerprint density at radius 2 is 1.39 bits per heavy atom. The van der Waals surface area contributed by atoms with Gasteiger partial charge in [0.1, 0.15) is 22.8 Å². The van der Waals surface area contributed by atoms with Gasteiger partial charge in [0, 0.05) is 33.8 Å². The number of rotatable bonds is 7. The van der Waals surface area contributed by atoms with Gasteiger partial charge < -0.3 is 23.9 Å². The molecule has 0 spiro atoms. The van der Waals surface area contributed by atoms with Crippen LogP contribution in [0.4, 0.5) is 5.69 Å². The maximum Gasteiger partial charge on any atom is 0.255 e. The van der Waals surface area contributed by atoms with Gasteiger partial charge >= 0.3 is 0 Å². The molecule has 0 saturated heterocycles. The van der Waals surface area contributed by atoms with E-state index in [9.17, 15) is 9.59 Å². The summed E-state index contributed by atoms with van der Waals surface area (Å²) in [6.07, 6.45) is 0. The molecule has 4 aromatic rings. The average molecular weight is 445 g/mol. The number of anilines is 1. The summed E-state index contributed by atoms with van der Waals surface area (Å²) < 4.78 is 21.5. The van der Waals surface area contributed by atoms with Crippen LogP contribution in [0.1, 0.15) is 32.0 Å². The van der Waals surface area contributed by atoms with Gasteiger partial charge in [0.15, 0.2) is 5.76 Å². The van der Waals surface area contributed by atoms with Crippen LogP contribution in [0.5, 0.6) is 17.2 Å². The van der Waals surface area contributed by atoms with Crippen LogP contribution in [0.3, 0.4) is 0 Å². The molecular weight excluding hydrogens is 422 g/mol. The Morgan fingerprint density at radius 3 is 2.00 bits per heavy atom. The van der Waals surface area contributed by atoms with Gasteiger partial charge in [0.25, 0.3) is 5.91 Å². The summed E-state index contributed by atoms with van der Waals surface area (Å²) in [6.45, 7) is 1.82. The molecule has 168 valence electrons. The SMILES string of the molecule is COc1ccc(C(=O)c2oc3ccc(NC(=O)c4cc(OC)cc(OC)c4)cc3c2C)cc1. The highest BCUT2D eigenvalue weighted by atomic mass is 16.5. The molecule has 4 rings (SSSR count). The molecule has 0 saturated carbocycles. The van der Waals surface area contributed by atoms with E-state index in [1.165, 1.54) is 14.2 Å². The monoisotopic (exact) mass is 445 g/mol. The minimum Gasteiger partial charge on any atom is -0.497 e. The maximum atomic E-state index is 13.0. The molecular formula is C26H23NO6. The van der Waals surface area contributed by atoms with Crippen LogP contribution in [-0.4, -0.2) is 33.0 Å². The van der Waals surface area contributed by atoms with Gasteiger partial charge in [-0.1, -0.05) is 0 Å². The summed E-state index contributed by atoms with van der Waals surface area (Å²) in [6, 6.07) is 17.0. The van der Waals surface area contributed by atoms with Crippen molar-refractivity contribution in [1.29, 1.82) is 0 Å². The van der Waals surface area contributed by atoms with Crippen LogP contribution < -0.4 is 19.5 Å². The van der Waals surface area contributed by atoms with E-state index in [0.717, 1.165) is 5.39 Å². The fourth-order valence-corrected chi connectivity index (χ4v) is 3.53. The zero-order valence-electron chi connectivity index (χ0n) is 18.7. The number of carbonyl (C=O) groups is 2. The van der Waals surface area contributed by atoms with E-state index in [2.05, 4.69) is 5.32 Å². The van der Waals surface area contributed by atoms with Gasteiger partial charge in [-0.25, -0.2) is 0 Å². The minimum absolute atomic E-state index is 0.222. The van der Waals surface area contributed by atoms with E-state index < -0.39 is 0 Å². The van der Waals surface area contributed by atoms with Gasteiger partial charge in [0.05, 0.1) is 21.3 Å². The molecule has 1 N–H and O–H groups in total. The number of methoxy groups -OCH3 is 3. The summed E-state index contributed by atoms with van der Waals surface area (Å²) in [5.74, 6) is 1.42. The lowest BCUT2D eigenvalue weighted by Gasteiger charge is -2.09. The van der Waals surface area contributed by atoms with Crippen molar-refractivity contribution in [2.24, 2.45) is 0 Å². The predicted octanol–water partition coefficient (Wildman–Crippen LogP) is 5.25. The first-order valence-electron chi connectivity index (χ1n) is 10.2. The Morgan fingerprint density at radius 1 is 0.758 bits per heavy atom. The van der Waals surface area contributed by atoms with Crippen molar-refractivity contribution in [3.05, 3.63) is 83.1 Å². The number of aryl methyl sites for hydroxylation is 1. The number of ether oxygens (including phenoxy) is 3. The Kier molecular flexibility index (Phi) is 6.04. The van der Waals surface area contributed by atoms with Crippen LogP contribution in [0.2, 0.25) is 0 Å². The first-order valence-corrected chi connectivity index (χ1v) is 10.2. The van der Waals surface area contributed by atoms with E-state index in [4.69, 9.17) is 18.6 Å². The number of furan rings is 1. The molecule has 1 amide bonds. The molecule has 0 bridgehead atoms. The summed E-state index contributed by atoms with van der Waals surface area (Å²) in [4.78, 5) is 25.8. The molecule has 1 aromatic heterocycles. The van der Waals surface area contributed by atoms with E-state index in [0.29, 0.717) is 45.2 Å². The Balaban J connectivity index is 1.61. The largest absolute Gasteiger partial charge is 0.497 e. The summed E-state index contributed by atoms with van der Waals surface area (Å²) >= 11 is 0. The van der Waals surface area contributed by atoms with Crippen LogP contribution >= 0.6 is 0 Å². The number of fused-ring (bicyclic) bond motifs is 1. The molecule has 1 heterocycles. The quantitative estimate of drug-likeness (QED) is 0.391. The lowest BCUT2D eigenvalue weighted by Crippen LogP contribution is -2.12. The zero-order valence-corrected chi connectivity index (χ0v) is 18.7. The zero-order chi connectivity index (χ0) is 23.5. The second kappa shape index (κ2) is 9.08. The lowest BCUT2D eigenvalue weighted by molar-refractivity contribution is 0.101. The fraction of sp³-hybridized carbons (Fsp3) is 0.154. The summed E-state index contributed by atoms with van der Waals surface area (Å²) in [5.41, 5.74) is 2.72. The molecule has 7 nitrogen and oxygen atoms in total. The fourth-order valence-electron chi connectivity index (χ4n) is 3.53. The molecule has 0 atom stereocenters. The number of nitrogens with one attached hydrogen (secondary N) is 1. The third kappa shape index (κ3) is 4.39. The highest BCUT2D eigenvalue weighted by Crippen LogP contribution is 2.30. The van der Waals surface area contributed by atoms with Crippen LogP contribution in [0.25, 0.3) is 11.0 Å². The van der Waals surface area contributed by atoms with Gasteiger partial charge in [-0.05, 0) is 61.5 Å². The molecule has 7 heteroatoms. The van der Waals surface area contributed by atoms with Crippen LogP contribution in [0, 0.1) is 6.92 Å². The molecule has 0 unspecified atom stereocenters. The minimum atomic E-state index is -0.317. The number of hydrogen-bond donors (Lipinski definition) is 1. The third-order valence-corrected chi connectivity index (χ3v) is 5.37. The highest BCUT2D eigenvalue weighted by molar-refractivity contribution is 6.11. The molecule has 0 aliphatic rings.